The van der Waals surface area contributed by atoms with Gasteiger partial charge >= 0.3 is 0 Å². The van der Waals surface area contributed by atoms with E-state index < -0.39 is 0 Å². The molecule has 2 aromatic heterocycles. The van der Waals surface area contributed by atoms with Crippen LogP contribution in [0.25, 0.3) is 23.1 Å². The first-order chi connectivity index (χ1) is 9.22. The molecule has 5 heteroatoms. The van der Waals surface area contributed by atoms with E-state index in [0.29, 0.717) is 16.7 Å². The molecule has 0 amide bonds. The molecule has 3 rings (SSSR count). The Kier molecular flexibility index (Phi) is 3.31. The zero-order valence-electron chi connectivity index (χ0n) is 9.76. The number of hydrogen-bond donors (Lipinski definition) is 1. The third kappa shape index (κ3) is 2.67. The first kappa shape index (κ1) is 12.3. The Morgan fingerprint density at radius 1 is 1.26 bits per heavy atom. The fourth-order valence-corrected chi connectivity index (χ4v) is 3.10. The normalized spacial score (nSPS) is 11.4. The average molecular weight is 333 g/mol. The van der Waals surface area contributed by atoms with Gasteiger partial charge in [-0.25, -0.2) is 4.98 Å². The molecule has 1 N–H and O–H groups in total. The molecule has 19 heavy (non-hydrogen) atoms. The van der Waals surface area contributed by atoms with Crippen LogP contribution in [-0.2, 0) is 0 Å². The van der Waals surface area contributed by atoms with Crippen molar-refractivity contribution in [3.8, 4) is 0 Å². The number of rotatable bonds is 2. The molecule has 0 radical (unpaired) electrons. The van der Waals surface area contributed by atoms with Crippen LogP contribution >= 0.6 is 27.3 Å². The van der Waals surface area contributed by atoms with Gasteiger partial charge in [-0.2, -0.15) is 0 Å². The number of para-hydroxylation sites is 1. The predicted molar refractivity (Wildman–Crippen MR) is 83.3 cm³/mol. The first-order valence-electron chi connectivity index (χ1n) is 5.63. The maximum absolute atomic E-state index is 11.9. The Bertz CT molecular complexity index is 819. The molecule has 3 nitrogen and oxygen atoms in total. The van der Waals surface area contributed by atoms with Crippen LogP contribution in [0.1, 0.15) is 10.7 Å². The van der Waals surface area contributed by atoms with Crippen LogP contribution in [-0.4, -0.2) is 9.97 Å². The van der Waals surface area contributed by atoms with E-state index in [1.54, 1.807) is 17.4 Å². The number of H-pyrrole nitrogens is 1. The molecule has 0 aliphatic carbocycles. The zero-order chi connectivity index (χ0) is 13.2. The fraction of sp³-hybridized carbons (Fsp3) is 0. The van der Waals surface area contributed by atoms with Gasteiger partial charge in [-0.15, -0.1) is 11.3 Å². The molecule has 0 unspecified atom stereocenters. The van der Waals surface area contributed by atoms with E-state index in [2.05, 4.69) is 25.9 Å². The second kappa shape index (κ2) is 5.11. The Morgan fingerprint density at radius 2 is 2.11 bits per heavy atom. The highest BCUT2D eigenvalue weighted by molar-refractivity contribution is 9.10. The van der Waals surface area contributed by atoms with Crippen molar-refractivity contribution in [2.24, 2.45) is 0 Å². The summed E-state index contributed by atoms with van der Waals surface area (Å²) in [4.78, 5) is 20.2. The van der Waals surface area contributed by atoms with Gasteiger partial charge in [0.2, 0.25) is 0 Å². The molecule has 0 aliphatic rings. The van der Waals surface area contributed by atoms with Gasteiger partial charge in [0.15, 0.2) is 0 Å². The molecule has 0 saturated heterocycles. The lowest BCUT2D eigenvalue weighted by Crippen LogP contribution is -2.09. The minimum absolute atomic E-state index is 0.113. The summed E-state index contributed by atoms with van der Waals surface area (Å²) in [6.45, 7) is 0. The Morgan fingerprint density at radius 3 is 2.89 bits per heavy atom. The Labute approximate surface area is 121 Å². The summed E-state index contributed by atoms with van der Waals surface area (Å²) < 4.78 is 1.05. The largest absolute Gasteiger partial charge is 0.306 e. The molecule has 0 bridgehead atoms. The van der Waals surface area contributed by atoms with Gasteiger partial charge in [0, 0.05) is 14.7 Å². The van der Waals surface area contributed by atoms with E-state index in [9.17, 15) is 4.79 Å². The van der Waals surface area contributed by atoms with Gasteiger partial charge < -0.3 is 4.98 Å². The molecule has 3 aromatic rings. The number of aromatic nitrogens is 2. The van der Waals surface area contributed by atoms with E-state index in [-0.39, 0.29) is 5.56 Å². The van der Waals surface area contributed by atoms with Gasteiger partial charge in [-0.3, -0.25) is 4.79 Å². The highest BCUT2D eigenvalue weighted by Crippen LogP contribution is 2.21. The second-order valence-corrected chi connectivity index (χ2v) is 5.83. The summed E-state index contributed by atoms with van der Waals surface area (Å²) in [5.74, 6) is 0.563. The maximum Gasteiger partial charge on any atom is 0.259 e. The quantitative estimate of drug-likeness (QED) is 0.773. The molecule has 0 atom stereocenters. The highest BCUT2D eigenvalue weighted by Gasteiger charge is 2.00. The molecule has 0 spiro atoms. The van der Waals surface area contributed by atoms with E-state index in [0.717, 1.165) is 9.35 Å². The fourth-order valence-electron chi connectivity index (χ4n) is 1.76. The Hall–Kier alpha value is -1.72. The number of nitrogens with one attached hydrogen (secondary N) is 1. The molecule has 1 aromatic carbocycles. The molecule has 94 valence electrons. The predicted octanol–water partition coefficient (Wildman–Crippen LogP) is 3.92. The smallest absolute Gasteiger partial charge is 0.259 e. The van der Waals surface area contributed by atoms with Gasteiger partial charge in [0.1, 0.15) is 5.82 Å². The van der Waals surface area contributed by atoms with Crippen LogP contribution in [0.5, 0.6) is 0 Å². The summed E-state index contributed by atoms with van der Waals surface area (Å²) in [5, 5.41) is 2.62. The minimum Gasteiger partial charge on any atom is -0.306 e. The van der Waals surface area contributed by atoms with Gasteiger partial charge in [0.25, 0.3) is 5.56 Å². The van der Waals surface area contributed by atoms with Crippen molar-refractivity contribution < 1.29 is 0 Å². The SMILES string of the molecule is O=c1[nH]c(/C=C/c2cc(Br)cs2)nc2ccccc12. The first-order valence-corrected chi connectivity index (χ1v) is 7.31. The van der Waals surface area contributed by atoms with E-state index in [1.165, 1.54) is 0 Å². The van der Waals surface area contributed by atoms with Crippen molar-refractivity contribution in [3.63, 3.8) is 0 Å². The van der Waals surface area contributed by atoms with Gasteiger partial charge in [0.05, 0.1) is 10.9 Å². The lowest BCUT2D eigenvalue weighted by atomic mass is 10.2. The third-order valence-electron chi connectivity index (χ3n) is 2.62. The van der Waals surface area contributed by atoms with Crippen molar-refractivity contribution >= 4 is 50.3 Å². The van der Waals surface area contributed by atoms with Crippen molar-refractivity contribution in [2.45, 2.75) is 0 Å². The minimum atomic E-state index is -0.113. The van der Waals surface area contributed by atoms with Crippen molar-refractivity contribution in [2.75, 3.05) is 0 Å². The summed E-state index contributed by atoms with van der Waals surface area (Å²) >= 11 is 5.03. The summed E-state index contributed by atoms with van der Waals surface area (Å²) in [6.07, 6.45) is 3.74. The number of halogens is 1. The monoisotopic (exact) mass is 332 g/mol. The number of nitrogens with zero attached hydrogens (tertiary/aromatic N) is 1. The molecule has 0 fully saturated rings. The summed E-state index contributed by atoms with van der Waals surface area (Å²) in [5.41, 5.74) is 0.593. The van der Waals surface area contributed by atoms with E-state index in [1.807, 2.05) is 41.8 Å². The average Bonchev–Trinajstić information content (AvgIpc) is 2.82. The number of thiophene rings is 1. The van der Waals surface area contributed by atoms with Crippen molar-refractivity contribution in [1.29, 1.82) is 0 Å². The lowest BCUT2D eigenvalue weighted by Gasteiger charge is -1.97. The van der Waals surface area contributed by atoms with Crippen LogP contribution < -0.4 is 5.56 Å². The topological polar surface area (TPSA) is 45.8 Å². The molecule has 0 aliphatic heterocycles. The second-order valence-electron chi connectivity index (χ2n) is 3.97. The molecule has 0 saturated carbocycles. The number of benzene rings is 1. The molecule has 2 heterocycles. The Balaban J connectivity index is 2.02. The van der Waals surface area contributed by atoms with Crippen LogP contribution in [0.2, 0.25) is 0 Å². The van der Waals surface area contributed by atoms with Crippen LogP contribution in [0.3, 0.4) is 0 Å². The van der Waals surface area contributed by atoms with Crippen molar-refractivity contribution in [1.82, 2.24) is 9.97 Å². The zero-order valence-corrected chi connectivity index (χ0v) is 12.2. The van der Waals surface area contributed by atoms with E-state index in [4.69, 9.17) is 0 Å². The van der Waals surface area contributed by atoms with Gasteiger partial charge in [-0.1, -0.05) is 12.1 Å². The van der Waals surface area contributed by atoms with Gasteiger partial charge in [-0.05, 0) is 46.3 Å². The molecular weight excluding hydrogens is 324 g/mol. The van der Waals surface area contributed by atoms with Crippen LogP contribution in [0.15, 0.2) is 45.0 Å². The lowest BCUT2D eigenvalue weighted by molar-refractivity contribution is 1.14. The number of fused-ring (bicyclic) bond motifs is 1. The summed E-state index contributed by atoms with van der Waals surface area (Å²) in [7, 11) is 0. The number of hydrogen-bond acceptors (Lipinski definition) is 3. The van der Waals surface area contributed by atoms with Crippen molar-refractivity contribution in [3.05, 3.63) is 61.2 Å². The van der Waals surface area contributed by atoms with Crippen LogP contribution in [0.4, 0.5) is 0 Å². The highest BCUT2D eigenvalue weighted by atomic mass is 79.9. The van der Waals surface area contributed by atoms with Crippen LogP contribution in [0, 0.1) is 0 Å². The van der Waals surface area contributed by atoms with E-state index >= 15 is 0 Å². The standard InChI is InChI=1S/C14H9BrN2OS/c15-9-7-10(19-8-9)5-6-13-16-12-4-2-1-3-11(12)14(18)17-13/h1-8H,(H,16,17,18)/b6-5+. The number of aromatic amines is 1. The summed E-state index contributed by atoms with van der Waals surface area (Å²) in [6, 6.07) is 9.32. The maximum atomic E-state index is 11.9. The molecular formula is C14H9BrN2OS. The third-order valence-corrected chi connectivity index (χ3v) is 4.28.